The Labute approximate surface area is 747 Å². The van der Waals surface area contributed by atoms with Crippen molar-refractivity contribution in [2.45, 2.75) is 68.3 Å². The molecular formula is C27H20Na10O46S10. The average molecular weight is 1630 g/mol. The van der Waals surface area contributed by atoms with E-state index in [9.17, 15) is 135 Å². The van der Waals surface area contributed by atoms with E-state index in [4.69, 9.17) is 23.4 Å². The van der Waals surface area contributed by atoms with Crippen LogP contribution in [-0.2, 0) is 143 Å². The van der Waals surface area contributed by atoms with Crippen molar-refractivity contribution in [2.24, 2.45) is 0 Å². The van der Waals surface area contributed by atoms with Crippen LogP contribution in [-0.4, -0.2) is 198 Å². The number of ether oxygens (including phenoxy) is 4. The Morgan fingerprint density at radius 1 is 0.398 bits per heavy atom. The zero-order valence-corrected chi connectivity index (χ0v) is 76.4. The van der Waals surface area contributed by atoms with E-state index in [1.54, 1.807) is 0 Å². The van der Waals surface area contributed by atoms with Crippen LogP contribution in [0.15, 0.2) is 39.5 Å². The first kappa shape index (κ1) is 109. The summed E-state index contributed by atoms with van der Waals surface area (Å²) in [5.41, 5.74) is -5.03. The van der Waals surface area contributed by atoms with Gasteiger partial charge in [0.05, 0.1) is 12.7 Å². The first-order valence-electron chi connectivity index (χ1n) is 19.5. The molecule has 474 valence electrons. The minimum atomic E-state index is -6.72. The maximum absolute atomic E-state index is 14.7. The van der Waals surface area contributed by atoms with Gasteiger partial charge in [0, 0.05) is 17.7 Å². The summed E-state index contributed by atoms with van der Waals surface area (Å²) >= 11 is 0. The fraction of sp³-hybridized carbons (Fsp3) is 0.444. The van der Waals surface area contributed by atoms with Gasteiger partial charge in [-0.05, 0) is 25.1 Å². The van der Waals surface area contributed by atoms with Gasteiger partial charge >= 0.3 is 296 Å². The molecule has 2 saturated heterocycles. The van der Waals surface area contributed by atoms with Crippen molar-refractivity contribution < 1.29 is 490 Å². The van der Waals surface area contributed by atoms with Gasteiger partial charge in [0.15, 0.2) is 41.5 Å². The van der Waals surface area contributed by atoms with Crippen LogP contribution in [0.25, 0.3) is 22.3 Å². The zero-order valence-electron chi connectivity index (χ0n) is 48.2. The Morgan fingerprint density at radius 2 is 0.763 bits per heavy atom. The molecule has 0 amide bonds. The molecule has 2 aromatic carbocycles. The smallest absolute Gasteiger partial charge is 0.726 e. The molecule has 0 bridgehead atoms. The van der Waals surface area contributed by atoms with Gasteiger partial charge in [0.2, 0.25) is 79.9 Å². The number of hydrogen-bond donors (Lipinski definition) is 0. The Hall–Kier alpha value is 5.39. The molecule has 3 aromatic rings. The molecule has 1 aromatic heterocycles. The van der Waals surface area contributed by atoms with Crippen molar-refractivity contribution in [3.63, 3.8) is 0 Å². The summed E-state index contributed by atoms with van der Waals surface area (Å²) in [4.78, 5) is 14.7. The molecule has 0 spiro atoms. The van der Waals surface area contributed by atoms with Crippen LogP contribution in [0, 0.1) is 0 Å². The molecule has 93 heavy (non-hydrogen) atoms. The van der Waals surface area contributed by atoms with Gasteiger partial charge in [-0.3, -0.25) is 29.9 Å². The maximum Gasteiger partial charge on any atom is 1.00 e. The van der Waals surface area contributed by atoms with Crippen molar-refractivity contribution >= 4 is 115 Å². The van der Waals surface area contributed by atoms with Crippen molar-refractivity contribution in [1.82, 2.24) is 0 Å². The quantitative estimate of drug-likeness (QED) is 0.0409. The SMILES string of the molecule is C[C@@H]1O[C@@H](OC[C@H]2O[C@@H](Oc3c(-c4ccc(OS(=O)(=O)[O-])c(OS(=O)(=O)[O-])c4)oc4cc(OS(=O)(=O)[O-])cc(OS(=O)(=O)[O-])c4c3=O)[C@H](OS(=O)(=O)[O-])[C@@H](OS(=O)(=O)[O-])[C@@H]2OS(=O)(=O)[O-])[C@H](OS(=O)(=O)[O-])[C@H](OS(=O)(=O)[O-])[C@H]1OS(=O)(=O)[O-].[Na+].[Na+].[Na+].[Na+].[Na+].[Na+].[Na+].[Na+].[Na+].[Na+]. The third kappa shape index (κ3) is 37.7. The van der Waals surface area contributed by atoms with E-state index in [1.807, 2.05) is 0 Å². The molecule has 0 saturated carbocycles. The first-order valence-corrected chi connectivity index (χ1v) is 32.8. The Balaban J connectivity index is -0.00000189. The minimum Gasteiger partial charge on any atom is -0.726 e. The van der Waals surface area contributed by atoms with Gasteiger partial charge in [-0.25, -0.2) is 84.2 Å². The van der Waals surface area contributed by atoms with E-state index in [0.29, 0.717) is 6.92 Å². The number of fused-ring (bicyclic) bond motifs is 1. The molecule has 0 unspecified atom stereocenters. The molecule has 5 rings (SSSR count). The number of rotatable bonds is 26. The summed E-state index contributed by atoms with van der Waals surface area (Å²) in [6.07, 6.45) is -32.7. The fourth-order valence-electron chi connectivity index (χ4n) is 6.90. The van der Waals surface area contributed by atoms with Gasteiger partial charge in [0.1, 0.15) is 47.2 Å². The molecule has 66 heteroatoms. The Kier molecular flexibility index (Phi) is 49.6. The van der Waals surface area contributed by atoms with E-state index in [1.165, 1.54) is 0 Å². The van der Waals surface area contributed by atoms with Crippen molar-refractivity contribution in [3.8, 4) is 40.1 Å². The fourth-order valence-corrected chi connectivity index (χ4v) is 11.3. The second kappa shape index (κ2) is 42.2. The summed E-state index contributed by atoms with van der Waals surface area (Å²) < 4.78 is 422. The largest absolute Gasteiger partial charge is 1.00 e. The normalized spacial score (nSPS) is 22.0. The molecule has 46 nitrogen and oxygen atoms in total. The zero-order chi connectivity index (χ0) is 63.4. The second-order valence-electron chi connectivity index (χ2n) is 15.0. The molecular weight excluding hydrogens is 1610 g/mol. The monoisotopic (exact) mass is 1630 g/mol. The number of hydrogen-bond acceptors (Lipinski definition) is 46. The molecule has 10 atom stereocenters. The summed E-state index contributed by atoms with van der Waals surface area (Å²) in [5.74, 6) is -10.4. The summed E-state index contributed by atoms with van der Waals surface area (Å²) in [6, 6.07) is 0.376. The Morgan fingerprint density at radius 3 is 1.18 bits per heavy atom. The van der Waals surface area contributed by atoms with Crippen molar-refractivity contribution in [2.75, 3.05) is 6.61 Å². The van der Waals surface area contributed by atoms with E-state index < -0.39 is 228 Å². The average Bonchev–Trinajstić information content (AvgIpc) is 0.777. The van der Waals surface area contributed by atoms with Crippen LogP contribution in [0.2, 0.25) is 0 Å². The van der Waals surface area contributed by atoms with E-state index in [2.05, 4.69) is 41.8 Å². The van der Waals surface area contributed by atoms with Crippen LogP contribution in [0.5, 0.6) is 28.7 Å². The van der Waals surface area contributed by atoms with Gasteiger partial charge in [0.25, 0.3) is 41.6 Å². The van der Waals surface area contributed by atoms with Gasteiger partial charge < -0.3 is 85.6 Å². The van der Waals surface area contributed by atoms with Gasteiger partial charge in [-0.15, -0.1) is 0 Å². The van der Waals surface area contributed by atoms with Crippen LogP contribution < -0.4 is 322 Å². The van der Waals surface area contributed by atoms with E-state index in [0.717, 1.165) is 0 Å². The molecule has 0 radical (unpaired) electrons. The topological polar surface area (TPSA) is 731 Å². The molecule has 3 heterocycles. The Bertz CT molecular complexity index is 4280. The molecule has 0 aliphatic carbocycles. The predicted molar refractivity (Wildman–Crippen MR) is 226 cm³/mol. The van der Waals surface area contributed by atoms with Crippen molar-refractivity contribution in [1.29, 1.82) is 0 Å². The predicted octanol–water partition coefficient (Wildman–Crippen LogP) is -38.2. The summed E-state index contributed by atoms with van der Waals surface area (Å²) in [7, 11) is -63.6. The third-order valence-electron chi connectivity index (χ3n) is 9.22. The summed E-state index contributed by atoms with van der Waals surface area (Å²) in [6.45, 7) is -1.56. The van der Waals surface area contributed by atoms with E-state index >= 15 is 0 Å². The van der Waals surface area contributed by atoms with Crippen LogP contribution in [0.4, 0.5) is 0 Å². The standard InChI is InChI=1S/C27H30O46S10.10Na/c1-8-18(68-78(41,42)43)22(70-80(47,48)49)24(72-82(53,54)55)26(60-8)59-7-15-20(69-79(44,45)46)23(71-81(50,51)52)25(73-83(56,57)58)27(62-15)63-21-17(28)16-13(5-10(64-74(29,30)31)6-14(16)67-77(38,39)40)61-19(21)9-2-3-11(65-75(32,33)34)12(4-9)66-76(35,36)37;;;;;;;;;;/h2-6,8,15,18,20,22-27H,7H2,1H3,(H,29,30,31)(H,32,33,34)(H,35,36,37)(H,38,39,40)(H,41,42,43)(H,44,45,46)(H,47,48,49)(H,50,51,52)(H,53,54,55)(H,56,57,58);;;;;;;;;;/q;10*+1/p-10/t8-,15+,18-,20+,22+,23-,24+,25+,26+,27-;;;;;;;;;;/m0........../s1. The maximum atomic E-state index is 14.7. The van der Waals surface area contributed by atoms with Crippen molar-refractivity contribution in [3.05, 3.63) is 40.6 Å². The van der Waals surface area contributed by atoms with Gasteiger partial charge in [-0.1, -0.05) is 0 Å². The minimum absolute atomic E-state index is 0. The first-order chi connectivity index (χ1) is 37.1. The second-order valence-corrected chi connectivity index (χ2v) is 25.0. The van der Waals surface area contributed by atoms with Crippen LogP contribution in [0.3, 0.4) is 0 Å². The molecule has 2 aliphatic heterocycles. The van der Waals surface area contributed by atoms with Crippen LogP contribution >= 0.6 is 0 Å². The number of benzene rings is 2. The van der Waals surface area contributed by atoms with Crippen LogP contribution in [0.1, 0.15) is 6.92 Å². The van der Waals surface area contributed by atoms with E-state index in [-0.39, 0.29) is 326 Å². The van der Waals surface area contributed by atoms with Gasteiger partial charge in [-0.2, -0.15) is 0 Å². The summed E-state index contributed by atoms with van der Waals surface area (Å²) in [5, 5.41) is -1.67. The molecule has 2 fully saturated rings. The molecule has 0 N–H and O–H groups in total. The molecule has 2 aliphatic rings. The third-order valence-corrected chi connectivity index (χ3v) is 13.5.